The maximum absolute atomic E-state index is 10.2. The Hall–Kier alpha value is -0.860. The summed E-state index contributed by atoms with van der Waals surface area (Å²) in [5.41, 5.74) is 2.39. The lowest BCUT2D eigenvalue weighted by Gasteiger charge is -2.24. The van der Waals surface area contributed by atoms with Gasteiger partial charge < -0.3 is 10.4 Å². The van der Waals surface area contributed by atoms with Gasteiger partial charge in [0.1, 0.15) is 0 Å². The van der Waals surface area contributed by atoms with Crippen molar-refractivity contribution in [2.24, 2.45) is 0 Å². The van der Waals surface area contributed by atoms with Gasteiger partial charge in [0.2, 0.25) is 0 Å². The van der Waals surface area contributed by atoms with E-state index in [1.54, 1.807) is 0 Å². The zero-order valence-corrected chi connectivity index (χ0v) is 12.1. The molecule has 1 aliphatic rings. The van der Waals surface area contributed by atoms with E-state index in [1.165, 1.54) is 44.1 Å². The molecule has 1 aliphatic carbocycles. The van der Waals surface area contributed by atoms with Crippen LogP contribution in [-0.4, -0.2) is 17.7 Å². The Morgan fingerprint density at radius 3 is 2.47 bits per heavy atom. The van der Waals surface area contributed by atoms with E-state index in [4.69, 9.17) is 0 Å². The Morgan fingerprint density at radius 2 is 1.84 bits per heavy atom. The molecule has 0 saturated heterocycles. The van der Waals surface area contributed by atoms with Gasteiger partial charge in [0, 0.05) is 12.6 Å². The van der Waals surface area contributed by atoms with Gasteiger partial charge in [0.15, 0.2) is 0 Å². The van der Waals surface area contributed by atoms with Crippen LogP contribution in [0.1, 0.15) is 62.7 Å². The van der Waals surface area contributed by atoms with Crippen molar-refractivity contribution in [2.75, 3.05) is 6.54 Å². The average molecular weight is 261 g/mol. The third kappa shape index (κ3) is 4.63. The van der Waals surface area contributed by atoms with Crippen LogP contribution in [0.3, 0.4) is 0 Å². The highest BCUT2D eigenvalue weighted by Crippen LogP contribution is 2.19. The van der Waals surface area contributed by atoms with Crippen molar-refractivity contribution in [1.29, 1.82) is 0 Å². The molecule has 1 fully saturated rings. The quantitative estimate of drug-likeness (QED) is 0.820. The summed E-state index contributed by atoms with van der Waals surface area (Å²) in [4.78, 5) is 0. The minimum atomic E-state index is -0.377. The summed E-state index contributed by atoms with van der Waals surface area (Å²) in [6.07, 6.45) is 8.49. The third-order valence-electron chi connectivity index (χ3n) is 4.11. The standard InChI is InChI=1S/C17H27NO/c1-2-6-14-9-11-15(12-10-14)17(19)13-18-16-7-4-3-5-8-16/h9-12,16-19H,2-8,13H2,1H3. The molecule has 2 nitrogen and oxygen atoms in total. The van der Waals surface area contributed by atoms with E-state index in [9.17, 15) is 5.11 Å². The average Bonchev–Trinajstić information content (AvgIpc) is 2.47. The third-order valence-corrected chi connectivity index (χ3v) is 4.11. The number of nitrogens with one attached hydrogen (secondary N) is 1. The molecule has 2 N–H and O–H groups in total. The second-order valence-corrected chi connectivity index (χ2v) is 5.75. The summed E-state index contributed by atoms with van der Waals surface area (Å²) < 4.78 is 0. The van der Waals surface area contributed by atoms with E-state index >= 15 is 0 Å². The van der Waals surface area contributed by atoms with E-state index < -0.39 is 0 Å². The maximum Gasteiger partial charge on any atom is 0.0914 e. The predicted octanol–water partition coefficient (Wildman–Crippen LogP) is 3.59. The van der Waals surface area contributed by atoms with Crippen LogP contribution in [0.5, 0.6) is 0 Å². The Kier molecular flexibility index (Phi) is 5.87. The summed E-state index contributed by atoms with van der Waals surface area (Å²) >= 11 is 0. The highest BCUT2D eigenvalue weighted by Gasteiger charge is 2.15. The largest absolute Gasteiger partial charge is 0.387 e. The Bertz CT molecular complexity index is 354. The van der Waals surface area contributed by atoms with Crippen LogP contribution < -0.4 is 5.32 Å². The molecule has 1 atom stereocenters. The summed E-state index contributed by atoms with van der Waals surface area (Å²) in [6, 6.07) is 9.03. The number of hydrogen-bond donors (Lipinski definition) is 2. The van der Waals surface area contributed by atoms with E-state index in [1.807, 2.05) is 0 Å². The van der Waals surface area contributed by atoms with Crippen LogP contribution >= 0.6 is 0 Å². The van der Waals surface area contributed by atoms with Gasteiger partial charge in [-0.1, -0.05) is 56.9 Å². The Labute approximate surface area is 117 Å². The molecule has 0 aromatic heterocycles. The van der Waals surface area contributed by atoms with Crippen molar-refractivity contribution in [2.45, 2.75) is 64.0 Å². The summed E-state index contributed by atoms with van der Waals surface area (Å²) in [6.45, 7) is 2.87. The first-order valence-corrected chi connectivity index (χ1v) is 7.80. The first kappa shape index (κ1) is 14.5. The molecule has 0 bridgehead atoms. The lowest BCUT2D eigenvalue weighted by Crippen LogP contribution is -2.34. The zero-order valence-electron chi connectivity index (χ0n) is 12.1. The molecule has 0 amide bonds. The van der Waals surface area contributed by atoms with E-state index in [0.717, 1.165) is 12.0 Å². The smallest absolute Gasteiger partial charge is 0.0914 e. The lowest BCUT2D eigenvalue weighted by atomic mass is 9.95. The SMILES string of the molecule is CCCc1ccc(C(O)CNC2CCCCC2)cc1. The van der Waals surface area contributed by atoms with Crippen LogP contribution in [0.15, 0.2) is 24.3 Å². The number of aliphatic hydroxyl groups is 1. The van der Waals surface area contributed by atoms with Crippen molar-refractivity contribution < 1.29 is 5.11 Å². The zero-order chi connectivity index (χ0) is 13.5. The molecule has 1 aromatic carbocycles. The fraction of sp³-hybridized carbons (Fsp3) is 0.647. The van der Waals surface area contributed by atoms with Gasteiger partial charge in [-0.25, -0.2) is 0 Å². The van der Waals surface area contributed by atoms with E-state index in [0.29, 0.717) is 12.6 Å². The van der Waals surface area contributed by atoms with Gasteiger partial charge in [0.25, 0.3) is 0 Å². The molecule has 1 saturated carbocycles. The maximum atomic E-state index is 10.2. The Balaban J connectivity index is 1.79. The number of rotatable bonds is 6. The monoisotopic (exact) mass is 261 g/mol. The molecule has 0 aliphatic heterocycles. The van der Waals surface area contributed by atoms with E-state index in [2.05, 4.69) is 36.5 Å². The van der Waals surface area contributed by atoms with Crippen molar-refractivity contribution in [3.63, 3.8) is 0 Å². The lowest BCUT2D eigenvalue weighted by molar-refractivity contribution is 0.165. The molecule has 0 radical (unpaired) electrons. The molecule has 19 heavy (non-hydrogen) atoms. The van der Waals surface area contributed by atoms with Crippen LogP contribution in [0.25, 0.3) is 0 Å². The van der Waals surface area contributed by atoms with Gasteiger partial charge in [-0.3, -0.25) is 0 Å². The molecule has 0 spiro atoms. The first-order chi connectivity index (χ1) is 9.29. The molecular weight excluding hydrogens is 234 g/mol. The fourth-order valence-electron chi connectivity index (χ4n) is 2.90. The second kappa shape index (κ2) is 7.66. The summed E-state index contributed by atoms with van der Waals surface area (Å²) in [5, 5.41) is 13.7. The first-order valence-electron chi connectivity index (χ1n) is 7.80. The van der Waals surface area contributed by atoms with Crippen LogP contribution in [0, 0.1) is 0 Å². The van der Waals surface area contributed by atoms with E-state index in [-0.39, 0.29) is 6.10 Å². The number of hydrogen-bond acceptors (Lipinski definition) is 2. The van der Waals surface area contributed by atoms with Crippen LogP contribution in [-0.2, 0) is 6.42 Å². The van der Waals surface area contributed by atoms with Gasteiger partial charge in [-0.15, -0.1) is 0 Å². The molecule has 106 valence electrons. The molecule has 1 unspecified atom stereocenters. The molecular formula is C17H27NO. The second-order valence-electron chi connectivity index (χ2n) is 5.75. The van der Waals surface area contributed by atoms with Crippen molar-refractivity contribution in [3.05, 3.63) is 35.4 Å². The Morgan fingerprint density at radius 1 is 1.16 bits per heavy atom. The van der Waals surface area contributed by atoms with Gasteiger partial charge in [-0.2, -0.15) is 0 Å². The highest BCUT2D eigenvalue weighted by molar-refractivity contribution is 5.24. The van der Waals surface area contributed by atoms with Gasteiger partial charge in [0.05, 0.1) is 6.10 Å². The molecule has 1 aromatic rings. The van der Waals surface area contributed by atoms with Crippen molar-refractivity contribution >= 4 is 0 Å². The highest BCUT2D eigenvalue weighted by atomic mass is 16.3. The predicted molar refractivity (Wildman–Crippen MR) is 80.3 cm³/mol. The minimum Gasteiger partial charge on any atom is -0.387 e. The fourth-order valence-corrected chi connectivity index (χ4v) is 2.90. The summed E-state index contributed by atoms with van der Waals surface area (Å²) in [7, 11) is 0. The van der Waals surface area contributed by atoms with Gasteiger partial charge >= 0.3 is 0 Å². The van der Waals surface area contributed by atoms with Crippen molar-refractivity contribution in [3.8, 4) is 0 Å². The van der Waals surface area contributed by atoms with Crippen LogP contribution in [0.4, 0.5) is 0 Å². The van der Waals surface area contributed by atoms with Crippen molar-refractivity contribution in [1.82, 2.24) is 5.32 Å². The normalized spacial score (nSPS) is 18.4. The number of benzene rings is 1. The molecule has 2 heteroatoms. The molecule has 0 heterocycles. The topological polar surface area (TPSA) is 32.3 Å². The van der Waals surface area contributed by atoms with Gasteiger partial charge in [-0.05, 0) is 30.4 Å². The minimum absolute atomic E-state index is 0.377. The summed E-state index contributed by atoms with van der Waals surface area (Å²) in [5.74, 6) is 0. The molecule has 2 rings (SSSR count). The number of aliphatic hydroxyl groups excluding tert-OH is 1. The van der Waals surface area contributed by atoms with Crippen LogP contribution in [0.2, 0.25) is 0 Å². The number of aryl methyl sites for hydroxylation is 1.